The molecule has 1 rings (SSSR count). The van der Waals surface area contributed by atoms with Crippen molar-refractivity contribution in [1.82, 2.24) is 0 Å². The summed E-state index contributed by atoms with van der Waals surface area (Å²) in [5.74, 6) is 2.00. The lowest BCUT2D eigenvalue weighted by Gasteiger charge is -2.18. The van der Waals surface area contributed by atoms with Crippen LogP contribution in [0.15, 0.2) is 24.8 Å². The van der Waals surface area contributed by atoms with Crippen LogP contribution in [0.5, 0.6) is 17.2 Å². The van der Waals surface area contributed by atoms with E-state index in [0.717, 1.165) is 18.4 Å². The Morgan fingerprint density at radius 1 is 1.11 bits per heavy atom. The maximum atomic E-state index is 6.15. The van der Waals surface area contributed by atoms with Gasteiger partial charge >= 0.3 is 0 Å². The van der Waals surface area contributed by atoms with Gasteiger partial charge in [0.05, 0.1) is 21.3 Å². The molecule has 0 saturated carbocycles. The quantitative estimate of drug-likeness (QED) is 0.783. The predicted molar refractivity (Wildman–Crippen MR) is 79.7 cm³/mol. The van der Waals surface area contributed by atoms with Gasteiger partial charge in [0.15, 0.2) is 11.5 Å². The van der Waals surface area contributed by atoms with E-state index in [1.807, 2.05) is 12.1 Å². The van der Waals surface area contributed by atoms with Crippen LogP contribution in [0.2, 0.25) is 0 Å². The molecule has 1 atom stereocenters. The molecule has 108 valence electrons. The van der Waals surface area contributed by atoms with E-state index in [4.69, 9.17) is 19.9 Å². The van der Waals surface area contributed by atoms with Crippen LogP contribution in [0.3, 0.4) is 0 Å². The molecule has 0 fully saturated rings. The number of nitrogens with two attached hydrogens (primary N) is 1. The Kier molecular flexibility index (Phi) is 8.03. The van der Waals surface area contributed by atoms with Gasteiger partial charge in [-0.25, -0.2) is 0 Å². The summed E-state index contributed by atoms with van der Waals surface area (Å²) in [5.41, 5.74) is 7.06. The zero-order valence-corrected chi connectivity index (χ0v) is 12.5. The van der Waals surface area contributed by atoms with Gasteiger partial charge in [-0.1, -0.05) is 6.08 Å². The first-order chi connectivity index (χ1) is 8.67. The van der Waals surface area contributed by atoms with E-state index in [0.29, 0.717) is 17.2 Å². The average molecular weight is 288 g/mol. The van der Waals surface area contributed by atoms with Crippen LogP contribution in [-0.4, -0.2) is 21.3 Å². The second kappa shape index (κ2) is 8.67. The highest BCUT2D eigenvalue weighted by Crippen LogP contribution is 2.37. The molecular formula is C14H22ClNO3. The summed E-state index contributed by atoms with van der Waals surface area (Å²) in [6.45, 7) is 3.70. The first-order valence-electron chi connectivity index (χ1n) is 5.84. The zero-order valence-electron chi connectivity index (χ0n) is 11.6. The second-order valence-electron chi connectivity index (χ2n) is 3.92. The molecule has 0 bridgehead atoms. The van der Waals surface area contributed by atoms with Crippen LogP contribution < -0.4 is 19.9 Å². The van der Waals surface area contributed by atoms with E-state index in [1.165, 1.54) is 0 Å². The highest BCUT2D eigenvalue weighted by Gasteiger charge is 2.16. The van der Waals surface area contributed by atoms with Gasteiger partial charge in [-0.15, -0.1) is 19.0 Å². The van der Waals surface area contributed by atoms with Gasteiger partial charge in [0.25, 0.3) is 0 Å². The van der Waals surface area contributed by atoms with E-state index in [1.54, 1.807) is 27.4 Å². The third-order valence-electron chi connectivity index (χ3n) is 2.82. The van der Waals surface area contributed by atoms with Gasteiger partial charge in [-0.3, -0.25) is 0 Å². The molecule has 0 amide bonds. The Hall–Kier alpha value is -1.39. The maximum absolute atomic E-state index is 6.15. The summed E-state index contributed by atoms with van der Waals surface area (Å²) >= 11 is 0. The fraction of sp³-hybridized carbons (Fsp3) is 0.429. The summed E-state index contributed by atoms with van der Waals surface area (Å²) in [4.78, 5) is 0. The largest absolute Gasteiger partial charge is 0.496 e. The Bertz CT molecular complexity index is 410. The Balaban J connectivity index is 0.00000324. The summed E-state index contributed by atoms with van der Waals surface area (Å²) in [5, 5.41) is 0. The van der Waals surface area contributed by atoms with Crippen molar-refractivity contribution in [2.24, 2.45) is 5.73 Å². The van der Waals surface area contributed by atoms with Gasteiger partial charge in [0.2, 0.25) is 0 Å². The molecule has 0 aliphatic heterocycles. The number of rotatable bonds is 7. The van der Waals surface area contributed by atoms with Crippen molar-refractivity contribution in [3.05, 3.63) is 30.4 Å². The molecule has 1 aromatic carbocycles. The molecule has 0 unspecified atom stereocenters. The minimum absolute atomic E-state index is 0. The van der Waals surface area contributed by atoms with Crippen molar-refractivity contribution >= 4 is 12.4 Å². The highest BCUT2D eigenvalue weighted by atomic mass is 35.5. The van der Waals surface area contributed by atoms with E-state index in [-0.39, 0.29) is 18.4 Å². The van der Waals surface area contributed by atoms with Crippen molar-refractivity contribution in [3.63, 3.8) is 0 Å². The van der Waals surface area contributed by atoms with Crippen LogP contribution in [0.25, 0.3) is 0 Å². The molecule has 0 radical (unpaired) electrons. The molecule has 0 aliphatic carbocycles. The standard InChI is InChI=1S/C14H21NO3.ClH/c1-5-6-7-11(15)10-8-13(17-3)14(18-4)9-12(10)16-2;/h5,8-9,11H,1,6-7,15H2,2-4H3;1H/t11-;/m0./s1. The lowest BCUT2D eigenvalue weighted by atomic mass is 10.0. The van der Waals surface area contributed by atoms with E-state index < -0.39 is 0 Å². The first-order valence-corrected chi connectivity index (χ1v) is 5.84. The van der Waals surface area contributed by atoms with Crippen molar-refractivity contribution < 1.29 is 14.2 Å². The van der Waals surface area contributed by atoms with Gasteiger partial charge in [0.1, 0.15) is 5.75 Å². The number of ether oxygens (including phenoxy) is 3. The van der Waals surface area contributed by atoms with Crippen molar-refractivity contribution in [3.8, 4) is 17.2 Å². The van der Waals surface area contributed by atoms with E-state index in [2.05, 4.69) is 6.58 Å². The zero-order chi connectivity index (χ0) is 13.5. The number of benzene rings is 1. The number of allylic oxidation sites excluding steroid dienone is 1. The fourth-order valence-electron chi connectivity index (χ4n) is 1.80. The minimum Gasteiger partial charge on any atom is -0.496 e. The Labute approximate surface area is 120 Å². The molecular weight excluding hydrogens is 266 g/mol. The molecule has 0 aliphatic rings. The molecule has 1 aromatic rings. The number of hydrogen-bond acceptors (Lipinski definition) is 4. The third kappa shape index (κ3) is 4.33. The molecule has 0 saturated heterocycles. The highest BCUT2D eigenvalue weighted by molar-refractivity contribution is 5.85. The number of methoxy groups -OCH3 is 3. The lowest BCUT2D eigenvalue weighted by molar-refractivity contribution is 0.346. The first kappa shape index (κ1) is 17.6. The van der Waals surface area contributed by atoms with E-state index >= 15 is 0 Å². The van der Waals surface area contributed by atoms with Gasteiger partial charge in [0, 0.05) is 17.7 Å². The maximum Gasteiger partial charge on any atom is 0.164 e. The SMILES string of the molecule is C=CCC[C@H](N)c1cc(OC)c(OC)cc1OC.Cl. The van der Waals surface area contributed by atoms with Crippen molar-refractivity contribution in [2.45, 2.75) is 18.9 Å². The Morgan fingerprint density at radius 2 is 1.63 bits per heavy atom. The topological polar surface area (TPSA) is 53.7 Å². The van der Waals surface area contributed by atoms with Crippen LogP contribution in [-0.2, 0) is 0 Å². The normalized spacial score (nSPS) is 11.2. The van der Waals surface area contributed by atoms with E-state index in [9.17, 15) is 0 Å². The molecule has 2 N–H and O–H groups in total. The van der Waals surface area contributed by atoms with Crippen LogP contribution in [0.1, 0.15) is 24.4 Å². The van der Waals surface area contributed by atoms with Gasteiger partial charge in [-0.05, 0) is 18.9 Å². The summed E-state index contributed by atoms with van der Waals surface area (Å²) in [7, 11) is 4.81. The Morgan fingerprint density at radius 3 is 2.11 bits per heavy atom. The second-order valence-corrected chi connectivity index (χ2v) is 3.92. The summed E-state index contributed by atoms with van der Waals surface area (Å²) in [6.07, 6.45) is 3.53. The lowest BCUT2D eigenvalue weighted by Crippen LogP contribution is -2.11. The number of halogens is 1. The van der Waals surface area contributed by atoms with Crippen molar-refractivity contribution in [1.29, 1.82) is 0 Å². The summed E-state index contributed by atoms with van der Waals surface area (Å²) in [6, 6.07) is 3.55. The average Bonchev–Trinajstić information content (AvgIpc) is 2.42. The van der Waals surface area contributed by atoms with Crippen molar-refractivity contribution in [2.75, 3.05) is 21.3 Å². The monoisotopic (exact) mass is 287 g/mol. The van der Waals surface area contributed by atoms with Gasteiger partial charge < -0.3 is 19.9 Å². The van der Waals surface area contributed by atoms with Gasteiger partial charge in [-0.2, -0.15) is 0 Å². The smallest absolute Gasteiger partial charge is 0.164 e. The molecule has 0 aromatic heterocycles. The molecule has 5 heteroatoms. The minimum atomic E-state index is -0.113. The van der Waals surface area contributed by atoms with Crippen LogP contribution in [0, 0.1) is 0 Å². The number of hydrogen-bond donors (Lipinski definition) is 1. The predicted octanol–water partition coefficient (Wildman–Crippen LogP) is 3.10. The molecule has 4 nitrogen and oxygen atoms in total. The fourth-order valence-corrected chi connectivity index (χ4v) is 1.80. The van der Waals surface area contributed by atoms with Crippen LogP contribution >= 0.6 is 12.4 Å². The molecule has 0 heterocycles. The molecule has 19 heavy (non-hydrogen) atoms. The molecule has 0 spiro atoms. The van der Waals surface area contributed by atoms with Crippen LogP contribution in [0.4, 0.5) is 0 Å². The third-order valence-corrected chi connectivity index (χ3v) is 2.82. The summed E-state index contributed by atoms with van der Waals surface area (Å²) < 4.78 is 15.9.